The Kier molecular flexibility index (Phi) is 2.78. The highest BCUT2D eigenvalue weighted by Gasteiger charge is 2.21. The summed E-state index contributed by atoms with van der Waals surface area (Å²) in [6, 6.07) is 7.38. The fourth-order valence-electron chi connectivity index (χ4n) is 2.50. The van der Waals surface area contributed by atoms with Gasteiger partial charge in [0.25, 0.3) is 0 Å². The number of nitrogens with zero attached hydrogens (tertiary/aromatic N) is 1. The van der Waals surface area contributed by atoms with E-state index >= 15 is 0 Å². The summed E-state index contributed by atoms with van der Waals surface area (Å²) in [6.45, 7) is 5.35. The van der Waals surface area contributed by atoms with Crippen molar-refractivity contribution >= 4 is 16.6 Å². The zero-order chi connectivity index (χ0) is 12.7. The molecular weight excluding hydrogens is 222 g/mol. The minimum absolute atomic E-state index is 0.437. The molecule has 18 heavy (non-hydrogen) atoms. The zero-order valence-electron chi connectivity index (χ0n) is 11.1. The maximum atomic E-state index is 6.14. The first-order valence-electron chi connectivity index (χ1n) is 6.78. The summed E-state index contributed by atoms with van der Waals surface area (Å²) >= 11 is 0. The lowest BCUT2D eigenvalue weighted by atomic mass is 10.1. The minimum Gasteiger partial charge on any atom is -0.397 e. The van der Waals surface area contributed by atoms with Crippen LogP contribution in [0.3, 0.4) is 0 Å². The van der Waals surface area contributed by atoms with E-state index in [0.29, 0.717) is 6.04 Å². The van der Waals surface area contributed by atoms with Crippen LogP contribution < -0.4 is 11.1 Å². The van der Waals surface area contributed by atoms with Gasteiger partial charge < -0.3 is 15.6 Å². The zero-order valence-corrected chi connectivity index (χ0v) is 11.1. The molecule has 0 saturated heterocycles. The number of rotatable bonds is 4. The highest BCUT2D eigenvalue weighted by atomic mass is 15.0. The van der Waals surface area contributed by atoms with Crippen LogP contribution in [0.5, 0.6) is 0 Å². The molecule has 0 aliphatic heterocycles. The van der Waals surface area contributed by atoms with Gasteiger partial charge in [-0.1, -0.05) is 12.1 Å². The predicted octanol–water partition coefficient (Wildman–Crippen LogP) is 3.06. The maximum Gasteiger partial charge on any atom is 0.0719 e. The summed E-state index contributed by atoms with van der Waals surface area (Å²) in [6.07, 6.45) is 4.90. The standard InChI is InChI=1S/C15H21N3/c1-10(2)18-9-11(8-17-12-6-7-12)13-4-3-5-14(16)15(13)18/h3-5,9-10,12,17H,6-8,16H2,1-2H3. The van der Waals surface area contributed by atoms with Gasteiger partial charge in [0, 0.05) is 30.2 Å². The van der Waals surface area contributed by atoms with Crippen LogP contribution in [0.2, 0.25) is 0 Å². The maximum absolute atomic E-state index is 6.14. The third-order valence-corrected chi connectivity index (χ3v) is 3.68. The fraction of sp³-hybridized carbons (Fsp3) is 0.467. The number of nitrogen functional groups attached to an aromatic ring is 1. The van der Waals surface area contributed by atoms with Gasteiger partial charge in [0.15, 0.2) is 0 Å². The first kappa shape index (κ1) is 11.6. The lowest BCUT2D eigenvalue weighted by Gasteiger charge is -2.10. The van der Waals surface area contributed by atoms with Crippen molar-refractivity contribution in [3.63, 3.8) is 0 Å². The van der Waals surface area contributed by atoms with Crippen LogP contribution in [0, 0.1) is 0 Å². The van der Waals surface area contributed by atoms with Gasteiger partial charge in [-0.05, 0) is 38.3 Å². The van der Waals surface area contributed by atoms with Crippen LogP contribution >= 0.6 is 0 Å². The molecule has 0 bridgehead atoms. The van der Waals surface area contributed by atoms with Crippen molar-refractivity contribution < 1.29 is 0 Å². The van der Waals surface area contributed by atoms with E-state index in [0.717, 1.165) is 18.3 Å². The first-order valence-corrected chi connectivity index (χ1v) is 6.78. The van der Waals surface area contributed by atoms with E-state index in [-0.39, 0.29) is 0 Å². The molecule has 96 valence electrons. The molecule has 1 aliphatic carbocycles. The summed E-state index contributed by atoms with van der Waals surface area (Å²) in [5.41, 5.74) is 9.55. The molecule has 3 nitrogen and oxygen atoms in total. The Balaban J connectivity index is 2.04. The van der Waals surface area contributed by atoms with Crippen LogP contribution in [0.25, 0.3) is 10.9 Å². The average molecular weight is 243 g/mol. The number of nitrogens with one attached hydrogen (secondary N) is 1. The van der Waals surface area contributed by atoms with Crippen LogP contribution in [-0.2, 0) is 6.54 Å². The van der Waals surface area contributed by atoms with E-state index < -0.39 is 0 Å². The minimum atomic E-state index is 0.437. The summed E-state index contributed by atoms with van der Waals surface area (Å²) in [5.74, 6) is 0. The van der Waals surface area contributed by atoms with Gasteiger partial charge in [-0.25, -0.2) is 0 Å². The normalized spacial score (nSPS) is 15.7. The van der Waals surface area contributed by atoms with Gasteiger partial charge in [0.1, 0.15) is 0 Å². The number of nitrogens with two attached hydrogens (primary N) is 1. The molecule has 1 aliphatic rings. The molecule has 1 aromatic carbocycles. The van der Waals surface area contributed by atoms with Crippen molar-refractivity contribution in [2.24, 2.45) is 0 Å². The number of hydrogen-bond donors (Lipinski definition) is 2. The predicted molar refractivity (Wildman–Crippen MR) is 76.6 cm³/mol. The Hall–Kier alpha value is -1.48. The van der Waals surface area contributed by atoms with Crippen LogP contribution in [0.15, 0.2) is 24.4 Å². The Bertz CT molecular complexity index is 564. The van der Waals surface area contributed by atoms with Crippen LogP contribution in [-0.4, -0.2) is 10.6 Å². The highest BCUT2D eigenvalue weighted by Crippen LogP contribution is 2.29. The number of para-hydroxylation sites is 1. The molecule has 0 atom stereocenters. The molecule has 1 aromatic heterocycles. The topological polar surface area (TPSA) is 43.0 Å². The van der Waals surface area contributed by atoms with E-state index in [1.165, 1.54) is 29.3 Å². The first-order chi connectivity index (χ1) is 8.66. The summed E-state index contributed by atoms with van der Waals surface area (Å²) in [4.78, 5) is 0. The molecule has 0 amide bonds. The molecule has 3 rings (SSSR count). The van der Waals surface area contributed by atoms with Crippen molar-refractivity contribution in [3.8, 4) is 0 Å². The summed E-state index contributed by atoms with van der Waals surface area (Å²) in [5, 5.41) is 4.87. The second-order valence-corrected chi connectivity index (χ2v) is 5.55. The van der Waals surface area contributed by atoms with Gasteiger partial charge in [-0.15, -0.1) is 0 Å². The molecule has 1 fully saturated rings. The van der Waals surface area contributed by atoms with Crippen LogP contribution in [0.1, 0.15) is 38.3 Å². The van der Waals surface area contributed by atoms with Crippen molar-refractivity contribution in [2.75, 3.05) is 5.73 Å². The van der Waals surface area contributed by atoms with Gasteiger partial charge in [0.2, 0.25) is 0 Å². The largest absolute Gasteiger partial charge is 0.397 e. The summed E-state index contributed by atoms with van der Waals surface area (Å²) < 4.78 is 2.29. The molecule has 0 unspecified atom stereocenters. The Morgan fingerprint density at radius 3 is 2.83 bits per heavy atom. The highest BCUT2D eigenvalue weighted by molar-refractivity contribution is 5.93. The number of benzene rings is 1. The molecule has 1 saturated carbocycles. The van der Waals surface area contributed by atoms with E-state index in [2.05, 4.69) is 36.0 Å². The number of aromatic nitrogens is 1. The fourth-order valence-corrected chi connectivity index (χ4v) is 2.50. The Morgan fingerprint density at radius 1 is 1.39 bits per heavy atom. The molecular formula is C15H21N3. The van der Waals surface area contributed by atoms with E-state index in [9.17, 15) is 0 Å². The van der Waals surface area contributed by atoms with Crippen LogP contribution in [0.4, 0.5) is 5.69 Å². The average Bonchev–Trinajstić information content (AvgIpc) is 3.08. The van der Waals surface area contributed by atoms with E-state index in [1.54, 1.807) is 0 Å². The summed E-state index contributed by atoms with van der Waals surface area (Å²) in [7, 11) is 0. The molecule has 3 heteroatoms. The van der Waals surface area contributed by atoms with E-state index in [4.69, 9.17) is 5.73 Å². The monoisotopic (exact) mass is 243 g/mol. The molecule has 2 aromatic rings. The van der Waals surface area contributed by atoms with Gasteiger partial charge in [-0.3, -0.25) is 0 Å². The van der Waals surface area contributed by atoms with E-state index in [1.807, 2.05) is 12.1 Å². The van der Waals surface area contributed by atoms with Gasteiger partial charge in [0.05, 0.1) is 11.2 Å². The quantitative estimate of drug-likeness (QED) is 0.810. The third-order valence-electron chi connectivity index (χ3n) is 3.68. The Labute approximate surface area is 108 Å². The van der Waals surface area contributed by atoms with Crippen molar-refractivity contribution in [2.45, 2.75) is 45.3 Å². The second-order valence-electron chi connectivity index (χ2n) is 5.55. The van der Waals surface area contributed by atoms with Gasteiger partial charge in [-0.2, -0.15) is 0 Å². The number of hydrogen-bond acceptors (Lipinski definition) is 2. The lowest BCUT2D eigenvalue weighted by Crippen LogP contribution is -2.15. The number of fused-ring (bicyclic) bond motifs is 1. The van der Waals surface area contributed by atoms with Crippen molar-refractivity contribution in [3.05, 3.63) is 30.0 Å². The molecule has 3 N–H and O–H groups in total. The Morgan fingerprint density at radius 2 is 2.17 bits per heavy atom. The second kappa shape index (κ2) is 4.32. The SMILES string of the molecule is CC(C)n1cc(CNC2CC2)c2cccc(N)c21. The lowest BCUT2D eigenvalue weighted by molar-refractivity contribution is 0.617. The molecule has 0 radical (unpaired) electrons. The van der Waals surface area contributed by atoms with Crippen molar-refractivity contribution in [1.29, 1.82) is 0 Å². The third kappa shape index (κ3) is 1.99. The molecule has 1 heterocycles. The van der Waals surface area contributed by atoms with Crippen molar-refractivity contribution in [1.82, 2.24) is 9.88 Å². The number of anilines is 1. The smallest absolute Gasteiger partial charge is 0.0719 e. The molecule has 0 spiro atoms. The van der Waals surface area contributed by atoms with Gasteiger partial charge >= 0.3 is 0 Å².